The van der Waals surface area contributed by atoms with E-state index in [0.717, 1.165) is 18.4 Å². The van der Waals surface area contributed by atoms with Crippen LogP contribution in [-0.2, 0) is 11.2 Å². The number of hydrogen-bond donors (Lipinski definition) is 0. The van der Waals surface area contributed by atoms with Crippen molar-refractivity contribution in [1.29, 1.82) is 0 Å². The Morgan fingerprint density at radius 3 is 3.05 bits per heavy atom. The largest absolute Gasteiger partial charge is 0.423 e. The van der Waals surface area contributed by atoms with Gasteiger partial charge in [0.05, 0.1) is 0 Å². The Bertz CT molecular complexity index is 671. The fourth-order valence-corrected chi connectivity index (χ4v) is 2.86. The molecule has 116 valence electrons. The van der Waals surface area contributed by atoms with Gasteiger partial charge in [0.1, 0.15) is 11.9 Å². The molecule has 0 unspecified atom stereocenters. The van der Waals surface area contributed by atoms with Crippen LogP contribution in [0.3, 0.4) is 0 Å². The molecule has 0 N–H and O–H groups in total. The van der Waals surface area contributed by atoms with Gasteiger partial charge >= 0.3 is 0 Å². The Morgan fingerprint density at radius 1 is 1.45 bits per heavy atom. The van der Waals surface area contributed by atoms with Crippen molar-refractivity contribution in [3.05, 3.63) is 47.4 Å². The second kappa shape index (κ2) is 6.25. The van der Waals surface area contributed by atoms with Crippen LogP contribution in [0.4, 0.5) is 4.39 Å². The number of amides is 1. The maximum absolute atomic E-state index is 13.2. The zero-order chi connectivity index (χ0) is 15.5. The monoisotopic (exact) mass is 303 g/mol. The van der Waals surface area contributed by atoms with Crippen LogP contribution >= 0.6 is 0 Å². The molecular weight excluding hydrogens is 285 g/mol. The van der Waals surface area contributed by atoms with Crippen molar-refractivity contribution in [2.24, 2.45) is 0 Å². The van der Waals surface area contributed by atoms with Crippen LogP contribution in [0.5, 0.6) is 0 Å². The minimum Gasteiger partial charge on any atom is -0.423 e. The molecule has 0 spiro atoms. The van der Waals surface area contributed by atoms with Gasteiger partial charge in [0.15, 0.2) is 0 Å². The van der Waals surface area contributed by atoms with E-state index in [0.29, 0.717) is 31.2 Å². The van der Waals surface area contributed by atoms with E-state index in [1.165, 1.54) is 12.1 Å². The second-order valence-electron chi connectivity index (χ2n) is 5.53. The Kier molecular flexibility index (Phi) is 4.18. The van der Waals surface area contributed by atoms with Crippen molar-refractivity contribution in [1.82, 2.24) is 15.1 Å². The first kappa shape index (κ1) is 14.7. The summed E-state index contributed by atoms with van der Waals surface area (Å²) >= 11 is 0. The molecule has 3 rings (SSSR count). The molecule has 1 fully saturated rings. The van der Waals surface area contributed by atoms with Gasteiger partial charge in [0.2, 0.25) is 17.7 Å². The Morgan fingerprint density at radius 2 is 2.32 bits per heavy atom. The lowest BCUT2D eigenvalue weighted by Crippen LogP contribution is -2.30. The molecule has 1 aliphatic heterocycles. The Hall–Kier alpha value is -2.24. The van der Waals surface area contributed by atoms with Gasteiger partial charge in [-0.1, -0.05) is 12.1 Å². The van der Waals surface area contributed by atoms with Crippen molar-refractivity contribution < 1.29 is 13.6 Å². The Balaban J connectivity index is 1.64. The van der Waals surface area contributed by atoms with Crippen LogP contribution in [0.25, 0.3) is 0 Å². The van der Waals surface area contributed by atoms with Crippen LogP contribution in [0.15, 0.2) is 28.7 Å². The van der Waals surface area contributed by atoms with Crippen molar-refractivity contribution >= 4 is 5.91 Å². The second-order valence-corrected chi connectivity index (χ2v) is 5.53. The van der Waals surface area contributed by atoms with Gasteiger partial charge in [0, 0.05) is 19.9 Å². The molecular formula is C16H18FN3O2. The quantitative estimate of drug-likeness (QED) is 0.871. The molecule has 1 amide bonds. The summed E-state index contributed by atoms with van der Waals surface area (Å²) in [5, 5.41) is 7.86. The highest BCUT2D eigenvalue weighted by Crippen LogP contribution is 2.31. The third-order valence-electron chi connectivity index (χ3n) is 3.92. The molecule has 0 aliphatic carbocycles. The molecule has 1 aromatic heterocycles. The average molecular weight is 303 g/mol. The number of nitrogens with zero attached hydrogens (tertiary/aromatic N) is 3. The number of halogens is 1. The summed E-state index contributed by atoms with van der Waals surface area (Å²) in [5.74, 6) is 0.788. The summed E-state index contributed by atoms with van der Waals surface area (Å²) in [5.41, 5.74) is 0.831. The van der Waals surface area contributed by atoms with E-state index >= 15 is 0 Å². The van der Waals surface area contributed by atoms with Crippen molar-refractivity contribution in [3.63, 3.8) is 0 Å². The third-order valence-corrected chi connectivity index (χ3v) is 3.92. The maximum atomic E-state index is 13.2. The van der Waals surface area contributed by atoms with Crippen molar-refractivity contribution in [3.8, 4) is 0 Å². The molecule has 5 nitrogen and oxygen atoms in total. The molecule has 0 bridgehead atoms. The fourth-order valence-electron chi connectivity index (χ4n) is 2.86. The number of hydrogen-bond acceptors (Lipinski definition) is 4. The topological polar surface area (TPSA) is 59.2 Å². The van der Waals surface area contributed by atoms with Crippen molar-refractivity contribution in [2.45, 2.75) is 38.6 Å². The minimum atomic E-state index is -0.273. The zero-order valence-electron chi connectivity index (χ0n) is 12.5. The van der Waals surface area contributed by atoms with Crippen LogP contribution in [-0.4, -0.2) is 27.5 Å². The first-order chi connectivity index (χ1) is 10.6. The molecule has 1 aromatic carbocycles. The summed E-state index contributed by atoms with van der Waals surface area (Å²) < 4.78 is 18.6. The third kappa shape index (κ3) is 3.16. The van der Waals surface area contributed by atoms with Crippen molar-refractivity contribution in [2.75, 3.05) is 6.54 Å². The first-order valence-corrected chi connectivity index (χ1v) is 7.47. The van der Waals surface area contributed by atoms with Crippen LogP contribution < -0.4 is 0 Å². The molecule has 0 saturated carbocycles. The molecule has 0 radical (unpaired) electrons. The van der Waals surface area contributed by atoms with E-state index in [4.69, 9.17) is 4.42 Å². The fraction of sp³-hybridized carbons (Fsp3) is 0.438. The lowest BCUT2D eigenvalue weighted by Gasteiger charge is -2.22. The standard InChI is InChI=1S/C16H18FN3O2/c1-11-18-19-16(22-11)14-6-3-9-20(14)15(21)8-7-12-4-2-5-13(17)10-12/h2,4-5,10,14H,3,6-9H2,1H3/t14-/m1/s1. The highest BCUT2D eigenvalue weighted by molar-refractivity contribution is 5.77. The number of carbonyl (C=O) groups is 1. The van der Waals surface area contributed by atoms with E-state index in [1.54, 1.807) is 17.9 Å². The number of aromatic nitrogens is 2. The van der Waals surface area contributed by atoms with Gasteiger partial charge in [-0.15, -0.1) is 10.2 Å². The number of likely N-dealkylation sites (tertiary alicyclic amines) is 1. The van der Waals surface area contributed by atoms with Gasteiger partial charge in [-0.25, -0.2) is 4.39 Å². The summed E-state index contributed by atoms with van der Waals surface area (Å²) in [4.78, 5) is 14.2. The SMILES string of the molecule is Cc1nnc([C@H]2CCCN2C(=O)CCc2cccc(F)c2)o1. The van der Waals surface area contributed by atoms with E-state index in [2.05, 4.69) is 10.2 Å². The molecule has 1 saturated heterocycles. The molecule has 6 heteroatoms. The smallest absolute Gasteiger partial charge is 0.238 e. The normalized spacial score (nSPS) is 17.9. The number of aryl methyl sites for hydroxylation is 2. The van der Waals surface area contributed by atoms with Crippen LogP contribution in [0.2, 0.25) is 0 Å². The predicted molar refractivity (Wildman–Crippen MR) is 77.4 cm³/mol. The van der Waals surface area contributed by atoms with E-state index in [1.807, 2.05) is 6.07 Å². The van der Waals surface area contributed by atoms with Gasteiger partial charge < -0.3 is 9.32 Å². The summed E-state index contributed by atoms with van der Waals surface area (Å²) in [6.45, 7) is 2.44. The highest BCUT2D eigenvalue weighted by atomic mass is 19.1. The summed E-state index contributed by atoms with van der Waals surface area (Å²) in [7, 11) is 0. The zero-order valence-corrected chi connectivity index (χ0v) is 12.5. The lowest BCUT2D eigenvalue weighted by atomic mass is 10.1. The van der Waals surface area contributed by atoms with Gasteiger partial charge in [0.25, 0.3) is 0 Å². The molecule has 1 atom stereocenters. The predicted octanol–water partition coefficient (Wildman–Crippen LogP) is 2.81. The molecule has 2 aromatic rings. The van der Waals surface area contributed by atoms with E-state index in [9.17, 15) is 9.18 Å². The maximum Gasteiger partial charge on any atom is 0.238 e. The summed E-state index contributed by atoms with van der Waals surface area (Å²) in [6.07, 6.45) is 2.65. The Labute approximate surface area is 128 Å². The summed E-state index contributed by atoms with van der Waals surface area (Å²) in [6, 6.07) is 6.24. The number of rotatable bonds is 4. The van der Waals surface area contributed by atoms with E-state index in [-0.39, 0.29) is 17.8 Å². The van der Waals surface area contributed by atoms with Gasteiger partial charge in [-0.05, 0) is 37.0 Å². The van der Waals surface area contributed by atoms with Gasteiger partial charge in [-0.2, -0.15) is 0 Å². The molecule has 22 heavy (non-hydrogen) atoms. The number of benzene rings is 1. The first-order valence-electron chi connectivity index (χ1n) is 7.47. The lowest BCUT2D eigenvalue weighted by molar-refractivity contribution is -0.132. The minimum absolute atomic E-state index is 0.0441. The van der Waals surface area contributed by atoms with E-state index < -0.39 is 0 Å². The van der Waals surface area contributed by atoms with Crippen LogP contribution in [0.1, 0.15) is 42.6 Å². The van der Waals surface area contributed by atoms with Gasteiger partial charge in [-0.3, -0.25) is 4.79 Å². The van der Waals surface area contributed by atoms with Crippen LogP contribution in [0, 0.1) is 12.7 Å². The highest BCUT2D eigenvalue weighted by Gasteiger charge is 2.33. The average Bonchev–Trinajstić information content (AvgIpc) is 3.13. The molecule has 2 heterocycles. The molecule has 1 aliphatic rings. The number of carbonyl (C=O) groups excluding carboxylic acids is 1.